The van der Waals surface area contributed by atoms with Gasteiger partial charge in [0.15, 0.2) is 0 Å². The molecule has 7 nitrogen and oxygen atoms in total. The lowest BCUT2D eigenvalue weighted by Crippen LogP contribution is -2.34. The van der Waals surface area contributed by atoms with Crippen molar-refractivity contribution in [1.29, 1.82) is 0 Å². The zero-order valence-electron chi connectivity index (χ0n) is 7.39. The molecule has 0 aromatic carbocycles. The quantitative estimate of drug-likeness (QED) is 0.268. The number of nitrogens with one attached hydrogen (secondary N) is 2. The SMILES string of the molecule is CNS(=O)(=O)NCCCCN=[N+]=[N-]. The zero-order chi connectivity index (χ0) is 10.2. The first kappa shape index (κ1) is 12.2. The number of unbranched alkanes of at least 4 members (excludes halogenated alkanes) is 1. The van der Waals surface area contributed by atoms with Crippen molar-refractivity contribution >= 4 is 10.2 Å². The van der Waals surface area contributed by atoms with Crippen LogP contribution in [0.5, 0.6) is 0 Å². The Labute approximate surface area is 77.3 Å². The fourth-order valence-electron chi connectivity index (χ4n) is 0.631. The molecule has 0 aromatic rings. The van der Waals surface area contributed by atoms with E-state index in [-0.39, 0.29) is 0 Å². The molecule has 0 saturated heterocycles. The molecule has 0 unspecified atom stereocenters. The highest BCUT2D eigenvalue weighted by Crippen LogP contribution is 1.88. The summed E-state index contributed by atoms with van der Waals surface area (Å²) in [6, 6.07) is 0. The van der Waals surface area contributed by atoms with Crippen molar-refractivity contribution in [3.05, 3.63) is 10.4 Å². The molecular formula is C5H13N5O2S. The topological polar surface area (TPSA) is 107 Å². The van der Waals surface area contributed by atoms with Crippen LogP contribution >= 0.6 is 0 Å². The number of hydrogen-bond donors (Lipinski definition) is 2. The van der Waals surface area contributed by atoms with Gasteiger partial charge in [-0.05, 0) is 18.4 Å². The predicted octanol–water partition coefficient (Wildman–Crippen LogP) is 0.131. The molecule has 0 radical (unpaired) electrons. The Kier molecular flexibility index (Phi) is 6.25. The summed E-state index contributed by atoms with van der Waals surface area (Å²) in [6.45, 7) is 0.752. The molecule has 0 aromatic heterocycles. The van der Waals surface area contributed by atoms with Gasteiger partial charge in [-0.1, -0.05) is 5.11 Å². The van der Waals surface area contributed by atoms with Crippen LogP contribution in [0.15, 0.2) is 5.11 Å². The third-order valence-electron chi connectivity index (χ3n) is 1.31. The molecule has 76 valence electrons. The monoisotopic (exact) mass is 207 g/mol. The molecule has 0 aliphatic heterocycles. The molecule has 0 aliphatic rings. The fraction of sp³-hybridized carbons (Fsp3) is 1.00. The predicted molar refractivity (Wildman–Crippen MR) is 49.2 cm³/mol. The van der Waals surface area contributed by atoms with Gasteiger partial charge in [-0.3, -0.25) is 0 Å². The molecule has 0 aliphatic carbocycles. The largest absolute Gasteiger partial charge is 0.276 e. The normalized spacial score (nSPS) is 10.8. The summed E-state index contributed by atoms with van der Waals surface area (Å²) in [7, 11) is -1.98. The van der Waals surface area contributed by atoms with E-state index in [1.807, 2.05) is 0 Å². The molecule has 0 spiro atoms. The van der Waals surface area contributed by atoms with Gasteiger partial charge in [0.1, 0.15) is 0 Å². The van der Waals surface area contributed by atoms with Crippen LogP contribution in [0.25, 0.3) is 10.4 Å². The maximum absolute atomic E-state index is 10.8. The van der Waals surface area contributed by atoms with Gasteiger partial charge in [0.25, 0.3) is 10.2 Å². The number of hydrogen-bond acceptors (Lipinski definition) is 3. The van der Waals surface area contributed by atoms with E-state index < -0.39 is 10.2 Å². The molecule has 0 fully saturated rings. The Morgan fingerprint density at radius 3 is 2.69 bits per heavy atom. The van der Waals surface area contributed by atoms with Gasteiger partial charge >= 0.3 is 0 Å². The average Bonchev–Trinajstić information content (AvgIpc) is 2.11. The maximum atomic E-state index is 10.8. The second-order valence-corrected chi connectivity index (χ2v) is 3.97. The fourth-order valence-corrected chi connectivity index (χ4v) is 1.19. The molecule has 0 bridgehead atoms. The van der Waals surface area contributed by atoms with Crippen molar-refractivity contribution in [2.24, 2.45) is 5.11 Å². The highest BCUT2D eigenvalue weighted by molar-refractivity contribution is 7.87. The van der Waals surface area contributed by atoms with E-state index in [1.165, 1.54) is 7.05 Å². The van der Waals surface area contributed by atoms with Crippen molar-refractivity contribution in [2.45, 2.75) is 12.8 Å². The second-order valence-electron chi connectivity index (χ2n) is 2.26. The van der Waals surface area contributed by atoms with Crippen LogP contribution in [-0.2, 0) is 10.2 Å². The summed E-state index contributed by atoms with van der Waals surface area (Å²) >= 11 is 0. The summed E-state index contributed by atoms with van der Waals surface area (Å²) in [6.07, 6.45) is 1.33. The Balaban J connectivity index is 3.41. The van der Waals surface area contributed by atoms with Gasteiger partial charge in [0.2, 0.25) is 0 Å². The highest BCUT2D eigenvalue weighted by atomic mass is 32.2. The van der Waals surface area contributed by atoms with E-state index in [0.717, 1.165) is 0 Å². The van der Waals surface area contributed by atoms with Crippen molar-refractivity contribution in [3.63, 3.8) is 0 Å². The maximum Gasteiger partial charge on any atom is 0.276 e. The lowest BCUT2D eigenvalue weighted by molar-refractivity contribution is 0.569. The van der Waals surface area contributed by atoms with Gasteiger partial charge < -0.3 is 0 Å². The van der Waals surface area contributed by atoms with E-state index in [0.29, 0.717) is 25.9 Å². The molecule has 0 amide bonds. The lowest BCUT2D eigenvalue weighted by Gasteiger charge is -2.02. The van der Waals surface area contributed by atoms with Crippen LogP contribution in [0.1, 0.15) is 12.8 Å². The minimum atomic E-state index is -3.32. The zero-order valence-corrected chi connectivity index (χ0v) is 8.21. The van der Waals surface area contributed by atoms with Crippen LogP contribution in [0.2, 0.25) is 0 Å². The molecule has 0 heterocycles. The van der Waals surface area contributed by atoms with E-state index in [9.17, 15) is 8.42 Å². The molecule has 13 heavy (non-hydrogen) atoms. The van der Waals surface area contributed by atoms with Crippen molar-refractivity contribution in [1.82, 2.24) is 9.44 Å². The second kappa shape index (κ2) is 6.67. The van der Waals surface area contributed by atoms with Gasteiger partial charge in [-0.25, -0.2) is 9.44 Å². The Bertz CT molecular complexity index is 269. The smallest absolute Gasteiger partial charge is 0.205 e. The molecule has 0 atom stereocenters. The third-order valence-corrected chi connectivity index (χ3v) is 2.43. The van der Waals surface area contributed by atoms with Gasteiger partial charge in [-0.15, -0.1) is 0 Å². The highest BCUT2D eigenvalue weighted by Gasteiger charge is 2.02. The minimum Gasteiger partial charge on any atom is -0.205 e. The first-order valence-corrected chi connectivity index (χ1v) is 5.29. The van der Waals surface area contributed by atoms with Crippen molar-refractivity contribution < 1.29 is 8.42 Å². The van der Waals surface area contributed by atoms with Crippen LogP contribution in [0.4, 0.5) is 0 Å². The van der Waals surface area contributed by atoms with E-state index in [4.69, 9.17) is 5.53 Å². The van der Waals surface area contributed by atoms with Gasteiger partial charge in [-0.2, -0.15) is 8.42 Å². The minimum absolute atomic E-state index is 0.351. The van der Waals surface area contributed by atoms with Crippen LogP contribution in [-0.4, -0.2) is 28.6 Å². The number of rotatable bonds is 7. The summed E-state index contributed by atoms with van der Waals surface area (Å²) in [4.78, 5) is 2.57. The molecular weight excluding hydrogens is 194 g/mol. The average molecular weight is 207 g/mol. The molecule has 0 saturated carbocycles. The van der Waals surface area contributed by atoms with Crippen LogP contribution in [0.3, 0.4) is 0 Å². The van der Waals surface area contributed by atoms with Crippen molar-refractivity contribution in [3.8, 4) is 0 Å². The first-order valence-electron chi connectivity index (χ1n) is 3.81. The van der Waals surface area contributed by atoms with E-state index in [2.05, 4.69) is 19.5 Å². The lowest BCUT2D eigenvalue weighted by atomic mass is 10.3. The number of azide groups is 1. The Morgan fingerprint density at radius 2 is 2.15 bits per heavy atom. The summed E-state index contributed by atoms with van der Waals surface area (Å²) in [5.41, 5.74) is 7.93. The van der Waals surface area contributed by atoms with Crippen LogP contribution < -0.4 is 9.44 Å². The first-order chi connectivity index (χ1) is 6.12. The molecule has 2 N–H and O–H groups in total. The van der Waals surface area contributed by atoms with E-state index >= 15 is 0 Å². The summed E-state index contributed by atoms with van der Waals surface area (Å²) in [5.74, 6) is 0. The summed E-state index contributed by atoms with van der Waals surface area (Å²) < 4.78 is 26.0. The van der Waals surface area contributed by atoms with Crippen LogP contribution in [0, 0.1) is 0 Å². The van der Waals surface area contributed by atoms with E-state index in [1.54, 1.807) is 0 Å². The van der Waals surface area contributed by atoms with Gasteiger partial charge in [0, 0.05) is 25.0 Å². The molecule has 8 heteroatoms. The number of nitrogens with zero attached hydrogens (tertiary/aromatic N) is 3. The standard InChI is InChI=1S/C5H13N5O2S/c1-7-13(11,12)9-5-3-2-4-8-10-6/h7,9H,2-5H2,1H3. The molecule has 0 rings (SSSR count). The Hall–Kier alpha value is -0.820. The summed E-state index contributed by atoms with van der Waals surface area (Å²) in [5, 5.41) is 3.31. The Morgan fingerprint density at radius 1 is 1.46 bits per heavy atom. The third kappa shape index (κ3) is 7.54. The van der Waals surface area contributed by atoms with Crippen molar-refractivity contribution in [2.75, 3.05) is 20.1 Å². The van der Waals surface area contributed by atoms with Gasteiger partial charge in [0.05, 0.1) is 0 Å².